The molecule has 0 saturated heterocycles. The maximum Gasteiger partial charge on any atom is 0.220 e. The Hall–Kier alpha value is -0.540. The second kappa shape index (κ2) is 7.72. The average Bonchev–Trinajstić information content (AvgIpc) is 2.30. The molecule has 0 aliphatic carbocycles. The molecule has 4 heteroatoms. The van der Waals surface area contributed by atoms with Gasteiger partial charge < -0.3 is 5.32 Å². The Morgan fingerprint density at radius 2 is 2.00 bits per heavy atom. The monoisotopic (exact) mass is 317 g/mol. The van der Waals surface area contributed by atoms with Crippen molar-refractivity contribution in [1.29, 1.82) is 0 Å². The van der Waals surface area contributed by atoms with Gasteiger partial charge in [-0.15, -0.1) is 11.6 Å². The lowest BCUT2D eigenvalue weighted by Crippen LogP contribution is -2.26. The van der Waals surface area contributed by atoms with Crippen LogP contribution in [0.4, 0.5) is 0 Å². The van der Waals surface area contributed by atoms with Crippen molar-refractivity contribution in [2.45, 2.75) is 32.2 Å². The first-order chi connectivity index (χ1) is 8.13. The van der Waals surface area contributed by atoms with Crippen LogP contribution in [0.2, 0.25) is 0 Å². The third-order valence-electron chi connectivity index (χ3n) is 2.53. The van der Waals surface area contributed by atoms with Crippen molar-refractivity contribution in [3.63, 3.8) is 0 Å². The maximum atomic E-state index is 11.6. The van der Waals surface area contributed by atoms with E-state index >= 15 is 0 Å². The topological polar surface area (TPSA) is 29.1 Å². The van der Waals surface area contributed by atoms with Gasteiger partial charge >= 0.3 is 0 Å². The first kappa shape index (κ1) is 14.5. The molecule has 1 atom stereocenters. The van der Waals surface area contributed by atoms with Gasteiger partial charge in [0.2, 0.25) is 5.91 Å². The highest BCUT2D eigenvalue weighted by atomic mass is 79.9. The minimum atomic E-state index is 0.0478. The molecule has 0 aromatic heterocycles. The molecule has 2 nitrogen and oxygen atoms in total. The Morgan fingerprint density at radius 3 is 2.59 bits per heavy atom. The third kappa shape index (κ3) is 5.55. The number of carbonyl (C=O) groups excluding carboxylic acids is 1. The second-order valence-electron chi connectivity index (χ2n) is 3.99. The molecular formula is C13H17BrClNO. The number of amides is 1. The molecule has 1 unspecified atom stereocenters. The van der Waals surface area contributed by atoms with Gasteiger partial charge in [0, 0.05) is 16.8 Å². The van der Waals surface area contributed by atoms with E-state index < -0.39 is 0 Å². The summed E-state index contributed by atoms with van der Waals surface area (Å²) in [6.07, 6.45) is 2.29. The number of hydrogen-bond acceptors (Lipinski definition) is 1. The lowest BCUT2D eigenvalue weighted by Gasteiger charge is -2.14. The Kier molecular flexibility index (Phi) is 6.60. The number of hydrogen-bond donors (Lipinski definition) is 1. The van der Waals surface area contributed by atoms with Crippen LogP contribution >= 0.6 is 27.5 Å². The highest BCUT2D eigenvalue weighted by molar-refractivity contribution is 9.10. The molecule has 1 aromatic carbocycles. The summed E-state index contributed by atoms with van der Waals surface area (Å²) >= 11 is 8.95. The van der Waals surface area contributed by atoms with Gasteiger partial charge in [-0.2, -0.15) is 0 Å². The molecule has 94 valence electrons. The van der Waals surface area contributed by atoms with E-state index in [0.29, 0.717) is 12.3 Å². The zero-order valence-corrected chi connectivity index (χ0v) is 12.2. The first-order valence-electron chi connectivity index (χ1n) is 5.74. The number of alkyl halides is 1. The average molecular weight is 319 g/mol. The molecule has 1 amide bonds. The summed E-state index contributed by atoms with van der Waals surface area (Å²) in [6.45, 7) is 1.99. The Bertz CT molecular complexity index is 353. The zero-order chi connectivity index (χ0) is 12.7. The van der Waals surface area contributed by atoms with Gasteiger partial charge in [0.1, 0.15) is 0 Å². The van der Waals surface area contributed by atoms with E-state index in [2.05, 4.69) is 21.2 Å². The SMILES string of the molecule is CC(NC(=O)CCCCCl)c1ccc(Br)cc1. The van der Waals surface area contributed by atoms with Crippen LogP contribution in [0.3, 0.4) is 0 Å². The number of rotatable bonds is 6. The summed E-state index contributed by atoms with van der Waals surface area (Å²) in [6, 6.07) is 8.02. The number of unbranched alkanes of at least 4 members (excludes halogenated alkanes) is 1. The molecule has 0 saturated carbocycles. The molecular weight excluding hydrogens is 302 g/mol. The first-order valence-corrected chi connectivity index (χ1v) is 7.07. The molecule has 0 bridgehead atoms. The van der Waals surface area contributed by atoms with Crippen LogP contribution in [0.25, 0.3) is 0 Å². The number of carbonyl (C=O) groups is 1. The van der Waals surface area contributed by atoms with Gasteiger partial charge in [0.15, 0.2) is 0 Å². The molecule has 1 aromatic rings. The fraction of sp³-hybridized carbons (Fsp3) is 0.462. The summed E-state index contributed by atoms with van der Waals surface area (Å²) in [7, 11) is 0. The van der Waals surface area contributed by atoms with Crippen molar-refractivity contribution in [1.82, 2.24) is 5.32 Å². The van der Waals surface area contributed by atoms with E-state index in [1.165, 1.54) is 0 Å². The van der Waals surface area contributed by atoms with Crippen LogP contribution in [0, 0.1) is 0 Å². The van der Waals surface area contributed by atoms with Crippen molar-refractivity contribution in [2.75, 3.05) is 5.88 Å². The summed E-state index contributed by atoms with van der Waals surface area (Å²) in [5.74, 6) is 0.709. The molecule has 17 heavy (non-hydrogen) atoms. The highest BCUT2D eigenvalue weighted by Gasteiger charge is 2.08. The van der Waals surface area contributed by atoms with Gasteiger partial charge in [-0.3, -0.25) is 4.79 Å². The predicted molar refractivity (Wildman–Crippen MR) is 75.3 cm³/mol. The molecule has 1 N–H and O–H groups in total. The predicted octanol–water partition coefficient (Wildman–Crippen LogP) is 4.04. The summed E-state index contributed by atoms with van der Waals surface area (Å²) in [4.78, 5) is 11.6. The summed E-state index contributed by atoms with van der Waals surface area (Å²) in [5, 5.41) is 2.98. The fourth-order valence-corrected chi connectivity index (χ4v) is 1.98. The molecule has 0 aliphatic rings. The van der Waals surface area contributed by atoms with Gasteiger partial charge in [-0.1, -0.05) is 28.1 Å². The minimum Gasteiger partial charge on any atom is -0.350 e. The molecule has 1 rings (SSSR count). The number of halogens is 2. The number of benzene rings is 1. The largest absolute Gasteiger partial charge is 0.350 e. The summed E-state index contributed by atoms with van der Waals surface area (Å²) in [5.41, 5.74) is 1.11. The lowest BCUT2D eigenvalue weighted by atomic mass is 10.1. The Labute approximate surface area is 116 Å². The van der Waals surface area contributed by atoms with E-state index in [0.717, 1.165) is 22.9 Å². The van der Waals surface area contributed by atoms with Crippen LogP contribution in [0.1, 0.15) is 37.8 Å². The Morgan fingerprint density at radius 1 is 1.35 bits per heavy atom. The smallest absolute Gasteiger partial charge is 0.220 e. The van der Waals surface area contributed by atoms with Crippen LogP contribution in [-0.2, 0) is 4.79 Å². The van der Waals surface area contributed by atoms with Crippen LogP contribution in [-0.4, -0.2) is 11.8 Å². The molecule has 0 aliphatic heterocycles. The van der Waals surface area contributed by atoms with E-state index in [4.69, 9.17) is 11.6 Å². The zero-order valence-electron chi connectivity index (χ0n) is 9.88. The maximum absolute atomic E-state index is 11.6. The second-order valence-corrected chi connectivity index (χ2v) is 5.28. The highest BCUT2D eigenvalue weighted by Crippen LogP contribution is 2.16. The van der Waals surface area contributed by atoms with Crippen molar-refractivity contribution >= 4 is 33.4 Å². The Balaban J connectivity index is 2.40. The lowest BCUT2D eigenvalue weighted by molar-refractivity contribution is -0.121. The quantitative estimate of drug-likeness (QED) is 0.622. The summed E-state index contributed by atoms with van der Waals surface area (Å²) < 4.78 is 1.04. The minimum absolute atomic E-state index is 0.0478. The normalized spacial score (nSPS) is 12.2. The van der Waals surface area contributed by atoms with Crippen molar-refractivity contribution in [3.05, 3.63) is 34.3 Å². The van der Waals surface area contributed by atoms with Crippen molar-refractivity contribution in [3.8, 4) is 0 Å². The van der Waals surface area contributed by atoms with E-state index in [1.54, 1.807) is 0 Å². The van der Waals surface area contributed by atoms with E-state index in [1.807, 2.05) is 31.2 Å². The van der Waals surface area contributed by atoms with Gasteiger partial charge in [-0.05, 0) is 37.5 Å². The van der Waals surface area contributed by atoms with Gasteiger partial charge in [0.05, 0.1) is 6.04 Å². The van der Waals surface area contributed by atoms with Crippen LogP contribution in [0.5, 0.6) is 0 Å². The fourth-order valence-electron chi connectivity index (χ4n) is 1.53. The van der Waals surface area contributed by atoms with Crippen LogP contribution < -0.4 is 5.32 Å². The van der Waals surface area contributed by atoms with Crippen LogP contribution in [0.15, 0.2) is 28.7 Å². The standard InChI is InChI=1S/C13H17BrClNO/c1-10(11-5-7-12(14)8-6-11)16-13(17)4-2-3-9-15/h5-8,10H,2-4,9H2,1H3,(H,16,17). The van der Waals surface area contributed by atoms with Crippen molar-refractivity contribution < 1.29 is 4.79 Å². The molecule has 0 fully saturated rings. The van der Waals surface area contributed by atoms with E-state index in [9.17, 15) is 4.79 Å². The third-order valence-corrected chi connectivity index (χ3v) is 3.33. The van der Waals surface area contributed by atoms with Crippen molar-refractivity contribution in [2.24, 2.45) is 0 Å². The van der Waals surface area contributed by atoms with E-state index in [-0.39, 0.29) is 11.9 Å². The molecule has 0 heterocycles. The molecule has 0 radical (unpaired) electrons. The number of nitrogens with one attached hydrogen (secondary N) is 1. The van der Waals surface area contributed by atoms with Gasteiger partial charge in [-0.25, -0.2) is 0 Å². The van der Waals surface area contributed by atoms with Gasteiger partial charge in [0.25, 0.3) is 0 Å². The molecule has 0 spiro atoms.